The molecule has 1 fully saturated rings. The molecule has 2 atom stereocenters. The van der Waals surface area contributed by atoms with Crippen molar-refractivity contribution < 1.29 is 22.7 Å². The molecule has 4 heterocycles. The number of carbonyl (C=O) groups excluding carboxylic acids is 1. The molecule has 2 aromatic heterocycles. The lowest BCUT2D eigenvalue weighted by molar-refractivity contribution is -0.137. The number of hydrogen-bond donors (Lipinski definition) is 0. The third-order valence-electron chi connectivity index (χ3n) is 8.41. The maximum Gasteiger partial charge on any atom is 0.417 e. The van der Waals surface area contributed by atoms with Crippen LogP contribution < -0.4 is 5.69 Å². The number of aryl methyl sites for hydroxylation is 2. The molecule has 1 saturated heterocycles. The molecule has 8 nitrogen and oxygen atoms in total. The lowest BCUT2D eigenvalue weighted by atomic mass is 9.83. The number of fused-ring (bicyclic) bond motifs is 2. The molecule has 39 heavy (non-hydrogen) atoms. The van der Waals surface area contributed by atoms with Crippen LogP contribution in [0.1, 0.15) is 41.8 Å². The van der Waals surface area contributed by atoms with E-state index in [1.54, 1.807) is 30.3 Å². The average molecular weight is 544 g/mol. The van der Waals surface area contributed by atoms with Crippen LogP contribution in [0.3, 0.4) is 0 Å². The van der Waals surface area contributed by atoms with E-state index < -0.39 is 17.2 Å². The molecule has 0 aliphatic carbocycles. The minimum absolute atomic E-state index is 0.00281. The van der Waals surface area contributed by atoms with Crippen LogP contribution in [0.25, 0.3) is 11.0 Å². The average Bonchev–Trinajstić information content (AvgIpc) is 3.43. The summed E-state index contributed by atoms with van der Waals surface area (Å²) in [6.07, 6.45) is -2.52. The number of pyridine rings is 1. The second-order valence-corrected chi connectivity index (χ2v) is 10.7. The molecular weight excluding hydrogens is 511 g/mol. The summed E-state index contributed by atoms with van der Waals surface area (Å²) in [7, 11) is 5.09. The van der Waals surface area contributed by atoms with Gasteiger partial charge >= 0.3 is 11.9 Å². The first kappa shape index (κ1) is 27.2. The summed E-state index contributed by atoms with van der Waals surface area (Å²) in [6.45, 7) is 4.24. The molecule has 0 N–H and O–H groups in total. The van der Waals surface area contributed by atoms with E-state index in [9.17, 15) is 22.8 Å². The lowest BCUT2D eigenvalue weighted by Gasteiger charge is -2.39. The Morgan fingerprint density at radius 2 is 1.92 bits per heavy atom. The molecule has 3 aromatic rings. The molecular formula is C28H32F3N5O3. The Hall–Kier alpha value is -3.40. The van der Waals surface area contributed by atoms with E-state index in [4.69, 9.17) is 4.74 Å². The number of halogens is 3. The minimum Gasteiger partial charge on any atom is -0.384 e. The number of hydrogen-bond acceptors (Lipinski definition) is 6. The zero-order valence-corrected chi connectivity index (χ0v) is 22.5. The fourth-order valence-corrected chi connectivity index (χ4v) is 6.17. The minimum atomic E-state index is -4.48. The highest BCUT2D eigenvalue weighted by atomic mass is 19.4. The van der Waals surface area contributed by atoms with Crippen molar-refractivity contribution in [3.8, 4) is 0 Å². The molecule has 0 bridgehead atoms. The van der Waals surface area contributed by atoms with Gasteiger partial charge in [-0.25, -0.2) is 9.59 Å². The molecule has 0 spiro atoms. The Morgan fingerprint density at radius 3 is 2.62 bits per heavy atom. The van der Waals surface area contributed by atoms with E-state index >= 15 is 0 Å². The van der Waals surface area contributed by atoms with Crippen LogP contribution in [-0.2, 0) is 42.8 Å². The first-order valence-corrected chi connectivity index (χ1v) is 12.9. The van der Waals surface area contributed by atoms with Gasteiger partial charge in [0.05, 0.1) is 28.6 Å². The number of likely N-dealkylation sites (tertiary alicyclic amines) is 1. The van der Waals surface area contributed by atoms with Crippen LogP contribution in [0.2, 0.25) is 0 Å². The Balaban J connectivity index is 1.41. The summed E-state index contributed by atoms with van der Waals surface area (Å²) in [5.41, 5.74) is 2.75. The van der Waals surface area contributed by atoms with Gasteiger partial charge in [0.15, 0.2) is 0 Å². The van der Waals surface area contributed by atoms with E-state index in [1.807, 2.05) is 23.1 Å². The third kappa shape index (κ3) is 4.68. The molecule has 2 unspecified atom stereocenters. The maximum atomic E-state index is 13.3. The fourth-order valence-electron chi connectivity index (χ4n) is 6.17. The lowest BCUT2D eigenvalue weighted by Crippen LogP contribution is -2.43. The van der Waals surface area contributed by atoms with Crippen LogP contribution in [0.4, 0.5) is 13.2 Å². The predicted octanol–water partition coefficient (Wildman–Crippen LogP) is 3.46. The maximum absolute atomic E-state index is 13.3. The van der Waals surface area contributed by atoms with Crippen molar-refractivity contribution in [3.63, 3.8) is 0 Å². The van der Waals surface area contributed by atoms with Crippen LogP contribution in [0.5, 0.6) is 0 Å². The van der Waals surface area contributed by atoms with Gasteiger partial charge in [0.25, 0.3) is 0 Å². The number of aromatic nitrogens is 3. The van der Waals surface area contributed by atoms with Gasteiger partial charge in [-0.3, -0.25) is 19.0 Å². The normalized spacial score (nSPS) is 20.7. The number of alkyl halides is 3. The summed E-state index contributed by atoms with van der Waals surface area (Å²) in [5.74, 6) is 2.16. The van der Waals surface area contributed by atoms with Crippen LogP contribution in [-0.4, -0.2) is 63.2 Å². The Labute approximate surface area is 224 Å². The summed E-state index contributed by atoms with van der Waals surface area (Å²) in [4.78, 5) is 33.0. The molecule has 11 heteroatoms. The molecule has 208 valence electrons. The largest absolute Gasteiger partial charge is 0.417 e. The SMILES string of the molecule is COCC1(C(=C=O)N2CCc3ncc(C(F)(F)F)cc3C2)CCN(C(C)c2ccc3c(c2)n(C)c(=O)n3C)C1. The van der Waals surface area contributed by atoms with E-state index in [-0.39, 0.29) is 24.9 Å². The van der Waals surface area contributed by atoms with Crippen LogP contribution >= 0.6 is 0 Å². The number of imidazole rings is 1. The van der Waals surface area contributed by atoms with Gasteiger partial charge in [-0.15, -0.1) is 0 Å². The molecule has 5 rings (SSSR count). The van der Waals surface area contributed by atoms with Gasteiger partial charge in [-0.05, 0) is 49.2 Å². The highest BCUT2D eigenvalue weighted by Crippen LogP contribution is 2.43. The second-order valence-electron chi connectivity index (χ2n) is 10.7. The van der Waals surface area contributed by atoms with Crippen molar-refractivity contribution in [3.05, 3.63) is 69.0 Å². The van der Waals surface area contributed by atoms with Gasteiger partial charge in [-0.1, -0.05) is 6.07 Å². The quantitative estimate of drug-likeness (QED) is 0.444. The van der Waals surface area contributed by atoms with E-state index in [2.05, 4.69) is 22.7 Å². The zero-order chi connectivity index (χ0) is 28.1. The van der Waals surface area contributed by atoms with Crippen LogP contribution in [0, 0.1) is 5.41 Å². The van der Waals surface area contributed by atoms with Gasteiger partial charge in [0.2, 0.25) is 0 Å². The van der Waals surface area contributed by atoms with Gasteiger partial charge in [-0.2, -0.15) is 13.2 Å². The third-order valence-corrected chi connectivity index (χ3v) is 8.41. The first-order chi connectivity index (χ1) is 18.5. The van der Waals surface area contributed by atoms with Crippen molar-refractivity contribution in [1.82, 2.24) is 23.9 Å². The zero-order valence-electron chi connectivity index (χ0n) is 22.5. The van der Waals surface area contributed by atoms with Crippen molar-refractivity contribution >= 4 is 17.0 Å². The van der Waals surface area contributed by atoms with Crippen molar-refractivity contribution in [2.45, 2.75) is 38.5 Å². The second kappa shape index (κ2) is 9.97. The molecule has 0 saturated carbocycles. The van der Waals surface area contributed by atoms with Gasteiger partial charge in [0.1, 0.15) is 11.6 Å². The predicted molar refractivity (Wildman–Crippen MR) is 140 cm³/mol. The van der Waals surface area contributed by atoms with E-state index in [0.29, 0.717) is 49.4 Å². The van der Waals surface area contributed by atoms with Crippen molar-refractivity contribution in [2.24, 2.45) is 19.5 Å². The summed E-state index contributed by atoms with van der Waals surface area (Å²) in [5, 5.41) is 0. The van der Waals surface area contributed by atoms with Gasteiger partial charge in [0, 0.05) is 65.2 Å². The number of rotatable bonds is 6. The molecule has 2 aliphatic rings. The highest BCUT2D eigenvalue weighted by Gasteiger charge is 2.46. The summed E-state index contributed by atoms with van der Waals surface area (Å²) >= 11 is 0. The summed E-state index contributed by atoms with van der Waals surface area (Å²) < 4.78 is 48.8. The number of ether oxygens (including phenoxy) is 1. The van der Waals surface area contributed by atoms with Crippen molar-refractivity contribution in [1.29, 1.82) is 0 Å². The first-order valence-electron chi connectivity index (χ1n) is 12.9. The Morgan fingerprint density at radius 1 is 1.18 bits per heavy atom. The van der Waals surface area contributed by atoms with E-state index in [1.165, 1.54) is 0 Å². The number of nitrogens with zero attached hydrogens (tertiary/aromatic N) is 5. The topological polar surface area (TPSA) is 72.6 Å². The van der Waals surface area contributed by atoms with E-state index in [0.717, 1.165) is 28.9 Å². The Kier molecular flexibility index (Phi) is 6.95. The molecule has 0 amide bonds. The molecule has 1 aromatic carbocycles. The Bertz CT molecular complexity index is 1520. The molecule has 2 aliphatic heterocycles. The van der Waals surface area contributed by atoms with Gasteiger partial charge < -0.3 is 9.64 Å². The highest BCUT2D eigenvalue weighted by molar-refractivity contribution is 5.77. The van der Waals surface area contributed by atoms with Crippen LogP contribution in [0.15, 0.2) is 41.0 Å². The standard InChI is InChI=1S/C28H32F3N5O3/c1-18(19-5-6-23-24(12-19)34(3)26(38)33(23)2)36-10-8-27(16-36,17-39-4)25(15-37)35-9-7-22-20(14-35)11-21(13-32-22)28(29,30)31/h5-6,11-13,18H,7-10,14,16-17H2,1-4H3. The smallest absolute Gasteiger partial charge is 0.384 e. The summed E-state index contributed by atoms with van der Waals surface area (Å²) in [6, 6.07) is 7.13. The number of methoxy groups -OCH3 is 1. The monoisotopic (exact) mass is 543 g/mol. The number of benzene rings is 1. The van der Waals surface area contributed by atoms with Crippen molar-refractivity contribution in [2.75, 3.05) is 33.4 Å². The molecule has 0 radical (unpaired) electrons. The fraction of sp³-hybridized carbons (Fsp3) is 0.500.